The van der Waals surface area contributed by atoms with Gasteiger partial charge in [-0.1, -0.05) is 72.8 Å². The SMILES string of the molecule is O=C(Nc1ccc(-c2ccccc2)cc1)N1CCC(Cc2ccccc2)CC1. The van der Waals surface area contributed by atoms with Crippen molar-refractivity contribution >= 4 is 11.7 Å². The number of benzene rings is 3. The quantitative estimate of drug-likeness (QED) is 0.615. The zero-order valence-corrected chi connectivity index (χ0v) is 16.1. The summed E-state index contributed by atoms with van der Waals surface area (Å²) in [6.45, 7) is 1.65. The maximum absolute atomic E-state index is 12.6. The summed E-state index contributed by atoms with van der Waals surface area (Å²) in [4.78, 5) is 14.5. The van der Waals surface area contributed by atoms with Crippen LogP contribution in [0, 0.1) is 5.92 Å². The minimum absolute atomic E-state index is 0.00521. The Morgan fingerprint density at radius 2 is 1.36 bits per heavy atom. The number of urea groups is 1. The highest BCUT2D eigenvalue weighted by atomic mass is 16.2. The summed E-state index contributed by atoms with van der Waals surface area (Å²) in [6, 6.07) is 29.0. The summed E-state index contributed by atoms with van der Waals surface area (Å²) in [5.41, 5.74) is 4.57. The summed E-state index contributed by atoms with van der Waals surface area (Å²) in [7, 11) is 0. The fraction of sp³-hybridized carbons (Fsp3) is 0.240. The van der Waals surface area contributed by atoms with Gasteiger partial charge in [0.15, 0.2) is 0 Å². The molecular formula is C25H26N2O. The average Bonchev–Trinajstić information content (AvgIpc) is 2.76. The number of nitrogens with one attached hydrogen (secondary N) is 1. The Kier molecular flexibility index (Phi) is 5.72. The zero-order valence-electron chi connectivity index (χ0n) is 16.1. The monoisotopic (exact) mass is 370 g/mol. The molecule has 3 nitrogen and oxygen atoms in total. The molecule has 28 heavy (non-hydrogen) atoms. The van der Waals surface area contributed by atoms with Gasteiger partial charge in [-0.15, -0.1) is 0 Å². The van der Waals surface area contributed by atoms with Gasteiger partial charge in [0.05, 0.1) is 0 Å². The first kappa shape index (κ1) is 18.3. The maximum Gasteiger partial charge on any atom is 0.321 e. The van der Waals surface area contributed by atoms with Gasteiger partial charge in [0, 0.05) is 18.8 Å². The van der Waals surface area contributed by atoms with Gasteiger partial charge in [-0.3, -0.25) is 0 Å². The lowest BCUT2D eigenvalue weighted by Crippen LogP contribution is -2.41. The van der Waals surface area contributed by atoms with Gasteiger partial charge in [-0.05, 0) is 54.0 Å². The normalized spacial score (nSPS) is 14.6. The summed E-state index contributed by atoms with van der Waals surface area (Å²) in [5.74, 6) is 0.664. The summed E-state index contributed by atoms with van der Waals surface area (Å²) >= 11 is 0. The van der Waals surface area contributed by atoms with Crippen molar-refractivity contribution in [3.05, 3.63) is 90.5 Å². The first-order valence-electron chi connectivity index (χ1n) is 10.0. The second-order valence-corrected chi connectivity index (χ2v) is 7.49. The predicted molar refractivity (Wildman–Crippen MR) is 115 cm³/mol. The molecule has 0 spiro atoms. The molecule has 142 valence electrons. The van der Waals surface area contributed by atoms with Crippen LogP contribution in [0.1, 0.15) is 18.4 Å². The molecule has 0 aliphatic carbocycles. The van der Waals surface area contributed by atoms with Crippen LogP contribution in [0.5, 0.6) is 0 Å². The summed E-state index contributed by atoms with van der Waals surface area (Å²) in [6.07, 6.45) is 3.24. The number of likely N-dealkylation sites (tertiary alicyclic amines) is 1. The molecule has 0 bridgehead atoms. The highest BCUT2D eigenvalue weighted by Gasteiger charge is 2.23. The van der Waals surface area contributed by atoms with E-state index in [0.717, 1.165) is 43.6 Å². The predicted octanol–water partition coefficient (Wildman–Crippen LogP) is 5.84. The van der Waals surface area contributed by atoms with Gasteiger partial charge < -0.3 is 10.2 Å². The number of hydrogen-bond acceptors (Lipinski definition) is 1. The number of amides is 2. The van der Waals surface area contributed by atoms with Gasteiger partial charge in [-0.2, -0.15) is 0 Å². The lowest BCUT2D eigenvalue weighted by molar-refractivity contribution is 0.182. The number of hydrogen-bond donors (Lipinski definition) is 1. The molecule has 0 atom stereocenters. The van der Waals surface area contributed by atoms with Crippen molar-refractivity contribution in [3.63, 3.8) is 0 Å². The molecule has 4 rings (SSSR count). The lowest BCUT2D eigenvalue weighted by Gasteiger charge is -2.32. The standard InChI is InChI=1S/C25H26N2O/c28-25(26-24-13-11-23(12-14-24)22-9-5-2-6-10-22)27-17-15-21(16-18-27)19-20-7-3-1-4-8-20/h1-14,21H,15-19H2,(H,26,28). The van der Waals surface area contributed by atoms with Gasteiger partial charge in [-0.25, -0.2) is 4.79 Å². The molecule has 1 aliphatic heterocycles. The Hall–Kier alpha value is -3.07. The first-order chi connectivity index (χ1) is 13.8. The van der Waals surface area contributed by atoms with E-state index < -0.39 is 0 Å². The number of anilines is 1. The highest BCUT2D eigenvalue weighted by Crippen LogP contribution is 2.24. The molecule has 0 radical (unpaired) electrons. The molecule has 0 unspecified atom stereocenters. The first-order valence-corrected chi connectivity index (χ1v) is 10.0. The second kappa shape index (κ2) is 8.75. The highest BCUT2D eigenvalue weighted by molar-refractivity contribution is 5.89. The molecule has 2 amide bonds. The van der Waals surface area contributed by atoms with Crippen LogP contribution in [0.4, 0.5) is 10.5 Å². The molecule has 1 heterocycles. The van der Waals surface area contributed by atoms with Crippen LogP contribution in [0.25, 0.3) is 11.1 Å². The number of piperidine rings is 1. The van der Waals surface area contributed by atoms with Crippen LogP contribution in [0.15, 0.2) is 84.9 Å². The summed E-state index contributed by atoms with van der Waals surface area (Å²) in [5, 5.41) is 3.04. The van der Waals surface area contributed by atoms with Crippen LogP contribution in [0.3, 0.4) is 0 Å². The minimum Gasteiger partial charge on any atom is -0.325 e. The second-order valence-electron chi connectivity index (χ2n) is 7.49. The van der Waals surface area contributed by atoms with E-state index in [9.17, 15) is 4.79 Å². The van der Waals surface area contributed by atoms with Gasteiger partial charge in [0.2, 0.25) is 0 Å². The topological polar surface area (TPSA) is 32.3 Å². The molecule has 0 aromatic heterocycles. The molecule has 1 aliphatic rings. The van der Waals surface area contributed by atoms with Crippen LogP contribution >= 0.6 is 0 Å². The van der Waals surface area contributed by atoms with E-state index in [1.165, 1.54) is 11.1 Å². The molecule has 3 heteroatoms. The van der Waals surface area contributed by atoms with Crippen molar-refractivity contribution in [1.82, 2.24) is 4.90 Å². The largest absolute Gasteiger partial charge is 0.325 e. The fourth-order valence-electron chi connectivity index (χ4n) is 3.87. The van der Waals surface area contributed by atoms with Gasteiger partial charge in [0.1, 0.15) is 0 Å². The molecule has 1 N–H and O–H groups in total. The van der Waals surface area contributed by atoms with E-state index in [0.29, 0.717) is 5.92 Å². The number of carbonyl (C=O) groups is 1. The van der Waals surface area contributed by atoms with Crippen LogP contribution in [-0.4, -0.2) is 24.0 Å². The van der Waals surface area contributed by atoms with Crippen molar-refractivity contribution in [3.8, 4) is 11.1 Å². The Morgan fingerprint density at radius 1 is 0.786 bits per heavy atom. The van der Waals surface area contributed by atoms with Gasteiger partial charge in [0.25, 0.3) is 0 Å². The van der Waals surface area contributed by atoms with Crippen molar-refractivity contribution < 1.29 is 4.79 Å². The Morgan fingerprint density at radius 3 is 2.00 bits per heavy atom. The van der Waals surface area contributed by atoms with Gasteiger partial charge >= 0.3 is 6.03 Å². The smallest absolute Gasteiger partial charge is 0.321 e. The van der Waals surface area contributed by atoms with Crippen LogP contribution in [0.2, 0.25) is 0 Å². The van der Waals surface area contributed by atoms with E-state index in [-0.39, 0.29) is 6.03 Å². The van der Waals surface area contributed by atoms with E-state index in [4.69, 9.17) is 0 Å². The van der Waals surface area contributed by atoms with Crippen LogP contribution < -0.4 is 5.32 Å². The third-order valence-corrected chi connectivity index (χ3v) is 5.51. The van der Waals surface area contributed by atoms with Crippen molar-refractivity contribution in [1.29, 1.82) is 0 Å². The fourth-order valence-corrected chi connectivity index (χ4v) is 3.87. The van der Waals surface area contributed by atoms with E-state index in [1.807, 2.05) is 35.2 Å². The Bertz CT molecular complexity index is 883. The number of carbonyl (C=O) groups excluding carboxylic acids is 1. The summed E-state index contributed by atoms with van der Waals surface area (Å²) < 4.78 is 0. The number of nitrogens with zero attached hydrogens (tertiary/aromatic N) is 1. The lowest BCUT2D eigenvalue weighted by atomic mass is 9.90. The molecule has 1 saturated heterocycles. The van der Waals surface area contributed by atoms with E-state index >= 15 is 0 Å². The van der Waals surface area contributed by atoms with Crippen molar-refractivity contribution in [2.24, 2.45) is 5.92 Å². The van der Waals surface area contributed by atoms with Crippen molar-refractivity contribution in [2.75, 3.05) is 18.4 Å². The third-order valence-electron chi connectivity index (χ3n) is 5.51. The molecule has 3 aromatic rings. The van der Waals surface area contributed by atoms with Crippen LogP contribution in [-0.2, 0) is 6.42 Å². The van der Waals surface area contributed by atoms with E-state index in [2.05, 4.69) is 59.9 Å². The zero-order chi connectivity index (χ0) is 19.2. The molecule has 0 saturated carbocycles. The maximum atomic E-state index is 12.6. The minimum atomic E-state index is 0.00521. The van der Waals surface area contributed by atoms with E-state index in [1.54, 1.807) is 0 Å². The molecule has 3 aromatic carbocycles. The Balaban J connectivity index is 1.29. The van der Waals surface area contributed by atoms with Crippen molar-refractivity contribution in [2.45, 2.75) is 19.3 Å². The molecule has 1 fully saturated rings. The third kappa shape index (κ3) is 4.61. The average molecular weight is 370 g/mol. The Labute approximate surface area is 167 Å². The molecular weight excluding hydrogens is 344 g/mol. The number of rotatable bonds is 4.